The van der Waals surface area contributed by atoms with Crippen LogP contribution in [0, 0.1) is 0 Å². The van der Waals surface area contributed by atoms with Crippen molar-refractivity contribution in [3.8, 4) is 0 Å². The van der Waals surface area contributed by atoms with E-state index in [1.807, 2.05) is 27.8 Å². The minimum absolute atomic E-state index is 0.157. The molecule has 1 fully saturated rings. The maximum Gasteiger partial charge on any atom is 0.316 e. The molecular weight excluding hydrogens is 322 g/mol. The quantitative estimate of drug-likeness (QED) is 0.857. The number of amides is 2. The average molecular weight is 347 g/mol. The second-order valence-electron chi connectivity index (χ2n) is 7.02. The van der Waals surface area contributed by atoms with Gasteiger partial charge in [-0.2, -0.15) is 4.98 Å². The Labute approximate surface area is 146 Å². The van der Waals surface area contributed by atoms with Gasteiger partial charge < -0.3 is 19.7 Å². The van der Waals surface area contributed by atoms with E-state index in [1.165, 1.54) is 0 Å². The minimum Gasteiger partial charge on any atom is -0.339 e. The molecule has 2 N–H and O–H groups in total. The van der Waals surface area contributed by atoms with Crippen molar-refractivity contribution in [2.24, 2.45) is 7.05 Å². The lowest BCUT2D eigenvalue weighted by molar-refractivity contribution is 0.217. The third-order valence-electron chi connectivity index (χ3n) is 4.65. The topological polar surface area (TPSA) is 111 Å². The molecule has 0 unspecified atom stereocenters. The Bertz CT molecular complexity index is 730. The zero-order valence-electron chi connectivity index (χ0n) is 15.1. The molecule has 1 saturated carbocycles. The highest BCUT2D eigenvalue weighted by atomic mass is 16.5. The molecule has 0 aliphatic heterocycles. The lowest BCUT2D eigenvalue weighted by Crippen LogP contribution is -2.49. The van der Waals surface area contributed by atoms with Gasteiger partial charge in [0.15, 0.2) is 11.6 Å². The maximum atomic E-state index is 12.6. The molecule has 0 bridgehead atoms. The van der Waals surface area contributed by atoms with Crippen LogP contribution in [0.1, 0.15) is 76.0 Å². The van der Waals surface area contributed by atoms with Crippen LogP contribution in [0.5, 0.6) is 0 Å². The first-order valence-corrected chi connectivity index (χ1v) is 8.68. The number of carbonyl (C=O) groups is 1. The first-order valence-electron chi connectivity index (χ1n) is 8.68. The summed E-state index contributed by atoms with van der Waals surface area (Å²) in [6.45, 7) is 5.87. The monoisotopic (exact) mass is 347 g/mol. The van der Waals surface area contributed by atoms with E-state index in [1.54, 1.807) is 10.9 Å². The average Bonchev–Trinajstić information content (AvgIpc) is 3.26. The Balaban J connectivity index is 1.73. The van der Waals surface area contributed by atoms with E-state index in [0.717, 1.165) is 25.7 Å². The summed E-state index contributed by atoms with van der Waals surface area (Å²) in [7, 11) is 1.84. The molecule has 25 heavy (non-hydrogen) atoms. The van der Waals surface area contributed by atoms with Crippen molar-refractivity contribution >= 4 is 6.03 Å². The van der Waals surface area contributed by atoms with E-state index in [9.17, 15) is 4.79 Å². The maximum absolute atomic E-state index is 12.6. The fourth-order valence-corrected chi connectivity index (χ4v) is 3.25. The van der Waals surface area contributed by atoms with Gasteiger partial charge >= 0.3 is 6.03 Å². The van der Waals surface area contributed by atoms with Crippen LogP contribution in [0.4, 0.5) is 4.79 Å². The SMILES string of the molecule is CC(C)c1nc(C2(NC(=O)N[C@H](C)c3nncn3C)CCCC2)no1. The van der Waals surface area contributed by atoms with Crippen LogP contribution in [0.3, 0.4) is 0 Å². The number of hydrogen-bond acceptors (Lipinski definition) is 6. The second-order valence-corrected chi connectivity index (χ2v) is 7.02. The van der Waals surface area contributed by atoms with Gasteiger partial charge in [-0.3, -0.25) is 0 Å². The van der Waals surface area contributed by atoms with Gasteiger partial charge in [-0.15, -0.1) is 10.2 Å². The number of urea groups is 1. The van der Waals surface area contributed by atoms with Gasteiger partial charge in [0.25, 0.3) is 0 Å². The number of aromatic nitrogens is 5. The highest BCUT2D eigenvalue weighted by Crippen LogP contribution is 2.37. The lowest BCUT2D eigenvalue weighted by Gasteiger charge is -2.27. The van der Waals surface area contributed by atoms with Crippen molar-refractivity contribution < 1.29 is 9.32 Å². The van der Waals surface area contributed by atoms with Crippen molar-refractivity contribution in [3.05, 3.63) is 23.9 Å². The lowest BCUT2D eigenvalue weighted by atomic mass is 9.97. The number of aryl methyl sites for hydroxylation is 1. The second kappa shape index (κ2) is 6.81. The molecule has 0 saturated heterocycles. The van der Waals surface area contributed by atoms with Gasteiger partial charge in [-0.1, -0.05) is 31.8 Å². The van der Waals surface area contributed by atoms with Gasteiger partial charge in [-0.25, -0.2) is 4.79 Å². The Morgan fingerprint density at radius 1 is 1.32 bits per heavy atom. The molecule has 136 valence electrons. The summed E-state index contributed by atoms with van der Waals surface area (Å²) in [4.78, 5) is 17.1. The Hall–Kier alpha value is -2.45. The van der Waals surface area contributed by atoms with Crippen molar-refractivity contribution in [1.29, 1.82) is 0 Å². The molecule has 1 atom stereocenters. The fourth-order valence-electron chi connectivity index (χ4n) is 3.25. The summed E-state index contributed by atoms with van der Waals surface area (Å²) >= 11 is 0. The zero-order valence-corrected chi connectivity index (χ0v) is 15.1. The highest BCUT2D eigenvalue weighted by molar-refractivity contribution is 5.75. The van der Waals surface area contributed by atoms with E-state index in [2.05, 4.69) is 31.0 Å². The molecule has 2 aromatic rings. The van der Waals surface area contributed by atoms with Gasteiger partial charge in [0.2, 0.25) is 5.89 Å². The summed E-state index contributed by atoms with van der Waals surface area (Å²) in [6.07, 6.45) is 5.25. The van der Waals surface area contributed by atoms with Crippen molar-refractivity contribution in [2.45, 2.75) is 64.0 Å². The molecular formula is C16H25N7O2. The molecule has 2 heterocycles. The Morgan fingerprint density at radius 2 is 2.04 bits per heavy atom. The molecule has 0 aromatic carbocycles. The van der Waals surface area contributed by atoms with Gasteiger partial charge in [-0.05, 0) is 19.8 Å². The molecule has 9 nitrogen and oxygen atoms in total. The van der Waals surface area contributed by atoms with Crippen molar-refractivity contribution in [3.63, 3.8) is 0 Å². The number of nitrogens with one attached hydrogen (secondary N) is 2. The van der Waals surface area contributed by atoms with Crippen molar-refractivity contribution in [1.82, 2.24) is 35.5 Å². The van der Waals surface area contributed by atoms with E-state index in [4.69, 9.17) is 4.52 Å². The normalized spacial score (nSPS) is 17.6. The Morgan fingerprint density at radius 3 is 2.60 bits per heavy atom. The molecule has 1 aliphatic rings. The van der Waals surface area contributed by atoms with E-state index >= 15 is 0 Å². The number of rotatable bonds is 5. The predicted octanol–water partition coefficient (Wildman–Crippen LogP) is 2.15. The van der Waals surface area contributed by atoms with Crippen LogP contribution in [0.15, 0.2) is 10.9 Å². The molecule has 2 aromatic heterocycles. The van der Waals surface area contributed by atoms with Crippen LogP contribution in [-0.2, 0) is 12.6 Å². The van der Waals surface area contributed by atoms with Gasteiger partial charge in [0, 0.05) is 13.0 Å². The molecule has 9 heteroatoms. The van der Waals surface area contributed by atoms with E-state index in [-0.39, 0.29) is 18.0 Å². The molecule has 1 aliphatic carbocycles. The molecule has 0 spiro atoms. The zero-order chi connectivity index (χ0) is 18.0. The van der Waals surface area contributed by atoms with Crippen LogP contribution in [-0.4, -0.2) is 30.9 Å². The summed E-state index contributed by atoms with van der Waals surface area (Å²) in [6, 6.07) is -0.532. The summed E-state index contributed by atoms with van der Waals surface area (Å²) in [5.74, 6) is 2.01. The van der Waals surface area contributed by atoms with Gasteiger partial charge in [0.05, 0.1) is 6.04 Å². The van der Waals surface area contributed by atoms with E-state index < -0.39 is 5.54 Å². The minimum atomic E-state index is -0.569. The van der Waals surface area contributed by atoms with Crippen LogP contribution < -0.4 is 10.6 Å². The number of carbonyl (C=O) groups excluding carboxylic acids is 1. The van der Waals surface area contributed by atoms with Gasteiger partial charge in [0.1, 0.15) is 11.9 Å². The largest absolute Gasteiger partial charge is 0.339 e. The molecule has 2 amide bonds. The number of hydrogen-bond donors (Lipinski definition) is 2. The first-order chi connectivity index (χ1) is 11.9. The molecule has 0 radical (unpaired) electrons. The first kappa shape index (κ1) is 17.4. The molecule has 3 rings (SSSR count). The summed E-state index contributed by atoms with van der Waals surface area (Å²) < 4.78 is 7.13. The highest BCUT2D eigenvalue weighted by Gasteiger charge is 2.41. The summed E-state index contributed by atoms with van der Waals surface area (Å²) in [5.41, 5.74) is -0.569. The van der Waals surface area contributed by atoms with E-state index in [0.29, 0.717) is 17.5 Å². The van der Waals surface area contributed by atoms with Crippen LogP contribution in [0.25, 0.3) is 0 Å². The van der Waals surface area contributed by atoms with Crippen LogP contribution >= 0.6 is 0 Å². The van der Waals surface area contributed by atoms with Crippen molar-refractivity contribution in [2.75, 3.05) is 0 Å². The fraction of sp³-hybridized carbons (Fsp3) is 0.688. The Kier molecular flexibility index (Phi) is 4.73. The third kappa shape index (κ3) is 3.49. The van der Waals surface area contributed by atoms with Crippen LogP contribution in [0.2, 0.25) is 0 Å². The standard InChI is InChI=1S/C16H25N7O2/c1-10(2)13-19-14(22-25-13)16(7-5-6-8-16)20-15(24)18-11(3)12-21-17-9-23(12)4/h9-11H,5-8H2,1-4H3,(H2,18,20,24)/t11-/m1/s1. The predicted molar refractivity (Wildman–Crippen MR) is 89.6 cm³/mol. The number of nitrogens with zero attached hydrogens (tertiary/aromatic N) is 5. The summed E-state index contributed by atoms with van der Waals surface area (Å²) in [5, 5.41) is 18.0. The smallest absolute Gasteiger partial charge is 0.316 e. The third-order valence-corrected chi connectivity index (χ3v) is 4.65.